The highest BCUT2D eigenvalue weighted by Crippen LogP contribution is 2.34. The first-order valence-corrected chi connectivity index (χ1v) is 6.64. The van der Waals surface area contributed by atoms with Crippen LogP contribution in [-0.2, 0) is 6.18 Å². The third kappa shape index (κ3) is 3.03. The SMILES string of the molecule is CCC(CC)(CN)C(=O)c1ccc(C(F)(F)F)cc1C. The monoisotopic (exact) mass is 287 g/mol. The number of Topliss-reactive ketones (excluding diaryl/α,β-unsaturated/α-hetero) is 1. The van der Waals surface area contributed by atoms with Crippen molar-refractivity contribution in [3.8, 4) is 0 Å². The van der Waals surface area contributed by atoms with E-state index in [4.69, 9.17) is 5.73 Å². The van der Waals surface area contributed by atoms with E-state index in [2.05, 4.69) is 0 Å². The van der Waals surface area contributed by atoms with Crippen LogP contribution in [0.5, 0.6) is 0 Å². The standard InChI is InChI=1S/C15H20F3NO/c1-4-14(5-2,9-19)13(20)12-7-6-11(8-10(12)3)15(16,17)18/h6-8H,4-5,9,19H2,1-3H3. The molecule has 0 aromatic heterocycles. The van der Waals surface area contributed by atoms with Gasteiger partial charge in [0.05, 0.1) is 5.56 Å². The Balaban J connectivity index is 3.25. The van der Waals surface area contributed by atoms with E-state index in [9.17, 15) is 18.0 Å². The fourth-order valence-corrected chi connectivity index (χ4v) is 2.33. The molecule has 112 valence electrons. The van der Waals surface area contributed by atoms with E-state index in [0.717, 1.165) is 12.1 Å². The summed E-state index contributed by atoms with van der Waals surface area (Å²) >= 11 is 0. The number of hydrogen-bond donors (Lipinski definition) is 1. The highest BCUT2D eigenvalue weighted by Gasteiger charge is 2.36. The molecule has 0 spiro atoms. The molecule has 0 amide bonds. The van der Waals surface area contributed by atoms with Gasteiger partial charge in [0.1, 0.15) is 0 Å². The van der Waals surface area contributed by atoms with Crippen molar-refractivity contribution >= 4 is 5.78 Å². The van der Waals surface area contributed by atoms with Crippen LogP contribution in [0.15, 0.2) is 18.2 Å². The fraction of sp³-hybridized carbons (Fsp3) is 0.533. The van der Waals surface area contributed by atoms with Crippen molar-refractivity contribution in [2.75, 3.05) is 6.54 Å². The second-order valence-corrected chi connectivity index (χ2v) is 5.05. The lowest BCUT2D eigenvalue weighted by atomic mass is 9.75. The van der Waals surface area contributed by atoms with Crippen LogP contribution in [0.4, 0.5) is 13.2 Å². The summed E-state index contributed by atoms with van der Waals surface area (Å²) in [4.78, 5) is 12.6. The van der Waals surface area contributed by atoms with Crippen molar-refractivity contribution in [3.63, 3.8) is 0 Å². The predicted octanol–water partition coefficient (Wildman–Crippen LogP) is 3.96. The summed E-state index contributed by atoms with van der Waals surface area (Å²) in [5.74, 6) is -0.170. The van der Waals surface area contributed by atoms with Crippen LogP contribution in [0.2, 0.25) is 0 Å². The van der Waals surface area contributed by atoms with E-state index >= 15 is 0 Å². The molecule has 0 aliphatic rings. The number of carbonyl (C=O) groups excluding carboxylic acids is 1. The largest absolute Gasteiger partial charge is 0.416 e. The van der Waals surface area contributed by atoms with E-state index in [0.29, 0.717) is 24.0 Å². The van der Waals surface area contributed by atoms with E-state index in [1.165, 1.54) is 13.0 Å². The van der Waals surface area contributed by atoms with Gasteiger partial charge in [-0.05, 0) is 37.5 Å². The van der Waals surface area contributed by atoms with Crippen LogP contribution >= 0.6 is 0 Å². The molecule has 2 nitrogen and oxygen atoms in total. The summed E-state index contributed by atoms with van der Waals surface area (Å²) in [6, 6.07) is 3.23. The number of aryl methyl sites for hydroxylation is 1. The summed E-state index contributed by atoms with van der Waals surface area (Å²) in [5, 5.41) is 0. The number of halogens is 3. The highest BCUT2D eigenvalue weighted by molar-refractivity contribution is 6.01. The summed E-state index contributed by atoms with van der Waals surface area (Å²) in [7, 11) is 0. The molecule has 0 heterocycles. The molecule has 0 bridgehead atoms. The van der Waals surface area contributed by atoms with Gasteiger partial charge in [0.25, 0.3) is 0 Å². The van der Waals surface area contributed by atoms with Crippen molar-refractivity contribution in [1.29, 1.82) is 0 Å². The third-order valence-electron chi connectivity index (χ3n) is 4.02. The normalized spacial score (nSPS) is 12.6. The first-order chi connectivity index (χ1) is 9.21. The van der Waals surface area contributed by atoms with Gasteiger partial charge in [-0.3, -0.25) is 4.79 Å². The Labute approximate surface area is 117 Å². The number of benzene rings is 1. The molecule has 1 aromatic rings. The molecule has 0 saturated heterocycles. The Morgan fingerprint density at radius 3 is 2.10 bits per heavy atom. The van der Waals surface area contributed by atoms with Gasteiger partial charge in [-0.1, -0.05) is 19.9 Å². The van der Waals surface area contributed by atoms with Crippen molar-refractivity contribution in [3.05, 3.63) is 34.9 Å². The molecule has 0 saturated carbocycles. The third-order valence-corrected chi connectivity index (χ3v) is 4.02. The van der Waals surface area contributed by atoms with Gasteiger partial charge in [0.2, 0.25) is 0 Å². The summed E-state index contributed by atoms with van der Waals surface area (Å²) in [6.45, 7) is 5.45. The molecule has 0 atom stereocenters. The molecule has 0 unspecified atom stereocenters. The number of rotatable bonds is 5. The average Bonchev–Trinajstić information content (AvgIpc) is 2.40. The van der Waals surface area contributed by atoms with Crippen molar-refractivity contribution in [1.82, 2.24) is 0 Å². The molecule has 20 heavy (non-hydrogen) atoms. The summed E-state index contributed by atoms with van der Waals surface area (Å²) < 4.78 is 37.9. The lowest BCUT2D eigenvalue weighted by molar-refractivity contribution is -0.137. The van der Waals surface area contributed by atoms with Gasteiger partial charge in [-0.25, -0.2) is 0 Å². The molecule has 5 heteroatoms. The van der Waals surface area contributed by atoms with Crippen LogP contribution in [0, 0.1) is 12.3 Å². The molecular formula is C15H20F3NO. The maximum absolute atomic E-state index is 12.6. The molecule has 0 aliphatic carbocycles. The van der Waals surface area contributed by atoms with Gasteiger partial charge in [0, 0.05) is 17.5 Å². The molecule has 0 aliphatic heterocycles. The Bertz CT molecular complexity index is 482. The minimum absolute atomic E-state index is 0.170. The first kappa shape index (κ1) is 16.7. The highest BCUT2D eigenvalue weighted by atomic mass is 19.4. The van der Waals surface area contributed by atoms with Crippen LogP contribution in [0.3, 0.4) is 0 Å². The Kier molecular flexibility index (Phi) is 4.97. The second kappa shape index (κ2) is 5.95. The van der Waals surface area contributed by atoms with Gasteiger partial charge >= 0.3 is 6.18 Å². The minimum Gasteiger partial charge on any atom is -0.329 e. The topological polar surface area (TPSA) is 43.1 Å². The van der Waals surface area contributed by atoms with Crippen LogP contribution in [0.1, 0.15) is 48.2 Å². The van der Waals surface area contributed by atoms with Crippen LogP contribution in [-0.4, -0.2) is 12.3 Å². The van der Waals surface area contributed by atoms with E-state index in [1.54, 1.807) is 0 Å². The van der Waals surface area contributed by atoms with E-state index in [1.807, 2.05) is 13.8 Å². The minimum atomic E-state index is -4.40. The first-order valence-electron chi connectivity index (χ1n) is 6.64. The zero-order chi connectivity index (χ0) is 15.6. The van der Waals surface area contributed by atoms with Gasteiger partial charge in [-0.15, -0.1) is 0 Å². The molecule has 1 aromatic carbocycles. The van der Waals surface area contributed by atoms with E-state index in [-0.39, 0.29) is 12.3 Å². The number of hydrogen-bond acceptors (Lipinski definition) is 2. The molecule has 0 radical (unpaired) electrons. The quantitative estimate of drug-likeness (QED) is 0.833. The Hall–Kier alpha value is -1.36. The Morgan fingerprint density at radius 2 is 1.75 bits per heavy atom. The number of carbonyl (C=O) groups is 1. The van der Waals surface area contributed by atoms with Crippen molar-refractivity contribution < 1.29 is 18.0 Å². The van der Waals surface area contributed by atoms with Crippen molar-refractivity contribution in [2.24, 2.45) is 11.1 Å². The maximum atomic E-state index is 12.6. The molecule has 2 N–H and O–H groups in total. The van der Waals surface area contributed by atoms with Crippen LogP contribution < -0.4 is 5.73 Å². The Morgan fingerprint density at radius 1 is 1.20 bits per heavy atom. The fourth-order valence-electron chi connectivity index (χ4n) is 2.33. The zero-order valence-electron chi connectivity index (χ0n) is 12.0. The average molecular weight is 287 g/mol. The molecule has 0 fully saturated rings. The maximum Gasteiger partial charge on any atom is 0.416 e. The number of nitrogens with two attached hydrogens (primary N) is 1. The van der Waals surface area contributed by atoms with Crippen molar-refractivity contribution in [2.45, 2.75) is 39.8 Å². The van der Waals surface area contributed by atoms with Crippen LogP contribution in [0.25, 0.3) is 0 Å². The lowest BCUT2D eigenvalue weighted by Crippen LogP contribution is -2.38. The van der Waals surface area contributed by atoms with E-state index < -0.39 is 17.2 Å². The molecular weight excluding hydrogens is 267 g/mol. The van der Waals surface area contributed by atoms with Gasteiger partial charge < -0.3 is 5.73 Å². The van der Waals surface area contributed by atoms with Gasteiger partial charge in [-0.2, -0.15) is 13.2 Å². The second-order valence-electron chi connectivity index (χ2n) is 5.05. The summed E-state index contributed by atoms with van der Waals surface area (Å²) in [6.07, 6.45) is -3.26. The van der Waals surface area contributed by atoms with Gasteiger partial charge in [0.15, 0.2) is 5.78 Å². The summed E-state index contributed by atoms with van der Waals surface area (Å²) in [5.41, 5.74) is 4.95. The zero-order valence-corrected chi connectivity index (χ0v) is 12.0. The number of ketones is 1. The smallest absolute Gasteiger partial charge is 0.329 e. The lowest BCUT2D eigenvalue weighted by Gasteiger charge is -2.29. The molecule has 1 rings (SSSR count). The number of alkyl halides is 3. The predicted molar refractivity (Wildman–Crippen MR) is 72.6 cm³/mol.